The molecule has 1 atom stereocenters. The van der Waals surface area contributed by atoms with Crippen LogP contribution in [0.3, 0.4) is 0 Å². The molecule has 2 aromatic rings. The molecule has 1 heterocycles. The van der Waals surface area contributed by atoms with Crippen LogP contribution >= 0.6 is 0 Å². The van der Waals surface area contributed by atoms with Gasteiger partial charge in [0.15, 0.2) is 0 Å². The van der Waals surface area contributed by atoms with Gasteiger partial charge in [-0.3, -0.25) is 0 Å². The van der Waals surface area contributed by atoms with E-state index in [-0.39, 0.29) is 0 Å². The topological polar surface area (TPSA) is 37.8 Å². The van der Waals surface area contributed by atoms with E-state index in [1.165, 1.54) is 11.1 Å². The zero-order valence-electron chi connectivity index (χ0n) is 10.9. The van der Waals surface area contributed by atoms with Gasteiger partial charge < -0.3 is 5.32 Å². The highest BCUT2D eigenvalue weighted by Gasteiger charge is 2.05. The molecule has 18 heavy (non-hydrogen) atoms. The average Bonchev–Trinajstić information content (AvgIpc) is 2.46. The Kier molecular flexibility index (Phi) is 4.42. The van der Waals surface area contributed by atoms with E-state index in [1.54, 1.807) is 6.20 Å². The van der Waals surface area contributed by atoms with Crippen molar-refractivity contribution < 1.29 is 0 Å². The van der Waals surface area contributed by atoms with E-state index < -0.39 is 0 Å². The molecule has 2 rings (SSSR count). The smallest absolute Gasteiger partial charge is 0.0769 e. The summed E-state index contributed by atoms with van der Waals surface area (Å²) in [5, 5.41) is 11.4. The van der Waals surface area contributed by atoms with Crippen LogP contribution in [0.2, 0.25) is 0 Å². The fourth-order valence-corrected chi connectivity index (χ4v) is 1.85. The van der Waals surface area contributed by atoms with Crippen LogP contribution in [0.1, 0.15) is 36.7 Å². The van der Waals surface area contributed by atoms with E-state index in [0.29, 0.717) is 6.04 Å². The predicted molar refractivity (Wildman–Crippen MR) is 73.1 cm³/mol. The lowest BCUT2D eigenvalue weighted by atomic mass is 10.0. The zero-order valence-corrected chi connectivity index (χ0v) is 10.9. The Morgan fingerprint density at radius 3 is 2.56 bits per heavy atom. The maximum absolute atomic E-state index is 4.06. The van der Waals surface area contributed by atoms with Gasteiger partial charge in [-0.05, 0) is 36.6 Å². The average molecular weight is 241 g/mol. The lowest BCUT2D eigenvalue weighted by Gasteiger charge is -2.14. The van der Waals surface area contributed by atoms with Crippen molar-refractivity contribution in [1.82, 2.24) is 15.5 Å². The molecule has 1 N–H and O–H groups in total. The minimum absolute atomic E-state index is 0.318. The summed E-state index contributed by atoms with van der Waals surface area (Å²) in [6, 6.07) is 13.0. The van der Waals surface area contributed by atoms with Crippen LogP contribution in [0.25, 0.3) is 0 Å². The van der Waals surface area contributed by atoms with Crippen LogP contribution in [0.15, 0.2) is 42.6 Å². The summed E-state index contributed by atoms with van der Waals surface area (Å²) < 4.78 is 0. The first-order valence-corrected chi connectivity index (χ1v) is 6.38. The Bertz CT molecular complexity index is 465. The molecule has 1 aromatic carbocycles. The van der Waals surface area contributed by atoms with Crippen molar-refractivity contribution in [2.75, 3.05) is 0 Å². The third-order valence-electron chi connectivity index (χ3n) is 3.10. The summed E-state index contributed by atoms with van der Waals surface area (Å²) >= 11 is 0. The minimum Gasteiger partial charge on any atom is -0.304 e. The highest BCUT2D eigenvalue weighted by molar-refractivity contribution is 5.24. The third kappa shape index (κ3) is 3.37. The van der Waals surface area contributed by atoms with Crippen molar-refractivity contribution in [2.45, 2.75) is 32.9 Å². The number of nitrogens with one attached hydrogen (secondary N) is 1. The first-order chi connectivity index (χ1) is 8.79. The Labute approximate surface area is 108 Å². The van der Waals surface area contributed by atoms with E-state index >= 15 is 0 Å². The van der Waals surface area contributed by atoms with Gasteiger partial charge >= 0.3 is 0 Å². The first kappa shape index (κ1) is 12.7. The number of hydrogen-bond donors (Lipinski definition) is 1. The SMILES string of the molecule is CCc1ccc(C(C)NCc2cccnn2)cc1. The van der Waals surface area contributed by atoms with E-state index in [9.17, 15) is 0 Å². The highest BCUT2D eigenvalue weighted by Crippen LogP contribution is 2.14. The standard InChI is InChI=1S/C15H19N3/c1-3-13-6-8-14(9-7-13)12(2)16-11-15-5-4-10-17-18-15/h4-10,12,16H,3,11H2,1-2H3. The van der Waals surface area contributed by atoms with Gasteiger partial charge in [0.1, 0.15) is 0 Å². The van der Waals surface area contributed by atoms with Crippen LogP contribution in [0, 0.1) is 0 Å². The van der Waals surface area contributed by atoms with Crippen molar-refractivity contribution in [2.24, 2.45) is 0 Å². The molecule has 0 aliphatic carbocycles. The Balaban J connectivity index is 1.93. The highest BCUT2D eigenvalue weighted by atomic mass is 15.1. The zero-order chi connectivity index (χ0) is 12.8. The number of aromatic nitrogens is 2. The molecule has 0 fully saturated rings. The second-order valence-electron chi connectivity index (χ2n) is 4.41. The molecule has 1 unspecified atom stereocenters. The van der Waals surface area contributed by atoms with Crippen molar-refractivity contribution in [1.29, 1.82) is 0 Å². The summed E-state index contributed by atoms with van der Waals surface area (Å²) in [5.74, 6) is 0. The fraction of sp³-hybridized carbons (Fsp3) is 0.333. The van der Waals surface area contributed by atoms with Gasteiger partial charge in [-0.25, -0.2) is 0 Å². The van der Waals surface area contributed by atoms with Crippen LogP contribution in [0.5, 0.6) is 0 Å². The largest absolute Gasteiger partial charge is 0.304 e. The maximum Gasteiger partial charge on any atom is 0.0769 e. The molecule has 0 spiro atoms. The third-order valence-corrected chi connectivity index (χ3v) is 3.10. The molecule has 3 heteroatoms. The van der Waals surface area contributed by atoms with Gasteiger partial charge in [0.05, 0.1) is 5.69 Å². The second kappa shape index (κ2) is 6.26. The minimum atomic E-state index is 0.318. The monoisotopic (exact) mass is 241 g/mol. The summed E-state index contributed by atoms with van der Waals surface area (Å²) in [6.07, 6.45) is 2.78. The maximum atomic E-state index is 4.06. The molecule has 94 valence electrons. The summed E-state index contributed by atoms with van der Waals surface area (Å²) in [4.78, 5) is 0. The summed E-state index contributed by atoms with van der Waals surface area (Å²) in [6.45, 7) is 5.08. The van der Waals surface area contributed by atoms with Crippen LogP contribution in [-0.4, -0.2) is 10.2 Å². The lowest BCUT2D eigenvalue weighted by Crippen LogP contribution is -2.18. The lowest BCUT2D eigenvalue weighted by molar-refractivity contribution is 0.564. The Hall–Kier alpha value is -1.74. The number of benzene rings is 1. The molecule has 0 amide bonds. The van der Waals surface area contributed by atoms with Crippen LogP contribution in [0.4, 0.5) is 0 Å². The van der Waals surface area contributed by atoms with Gasteiger partial charge in [-0.2, -0.15) is 10.2 Å². The van der Waals surface area contributed by atoms with Crippen molar-refractivity contribution in [3.63, 3.8) is 0 Å². The van der Waals surface area contributed by atoms with E-state index in [1.807, 2.05) is 12.1 Å². The molecule has 0 aliphatic rings. The van der Waals surface area contributed by atoms with Crippen LogP contribution in [-0.2, 0) is 13.0 Å². The molecule has 1 aromatic heterocycles. The second-order valence-corrected chi connectivity index (χ2v) is 4.41. The quantitative estimate of drug-likeness (QED) is 0.874. The van der Waals surface area contributed by atoms with Gasteiger partial charge in [0.2, 0.25) is 0 Å². The van der Waals surface area contributed by atoms with E-state index in [0.717, 1.165) is 18.7 Å². The normalized spacial score (nSPS) is 12.3. The number of nitrogens with zero attached hydrogens (tertiary/aromatic N) is 2. The number of hydrogen-bond acceptors (Lipinski definition) is 3. The molecule has 0 radical (unpaired) electrons. The van der Waals surface area contributed by atoms with Crippen molar-refractivity contribution >= 4 is 0 Å². The van der Waals surface area contributed by atoms with Gasteiger partial charge in [0.25, 0.3) is 0 Å². The summed E-state index contributed by atoms with van der Waals surface area (Å²) in [5.41, 5.74) is 3.64. The first-order valence-electron chi connectivity index (χ1n) is 6.38. The molecule has 0 bridgehead atoms. The van der Waals surface area contributed by atoms with Crippen molar-refractivity contribution in [3.05, 3.63) is 59.4 Å². The number of aryl methyl sites for hydroxylation is 1. The van der Waals surface area contributed by atoms with Gasteiger partial charge in [0, 0.05) is 18.8 Å². The molecular formula is C15H19N3. The van der Waals surface area contributed by atoms with Gasteiger partial charge in [-0.15, -0.1) is 0 Å². The van der Waals surface area contributed by atoms with E-state index in [4.69, 9.17) is 0 Å². The van der Waals surface area contributed by atoms with Crippen LogP contribution < -0.4 is 5.32 Å². The van der Waals surface area contributed by atoms with E-state index in [2.05, 4.69) is 53.6 Å². The molecule has 0 aliphatic heterocycles. The molecular weight excluding hydrogens is 222 g/mol. The predicted octanol–water partition coefficient (Wildman–Crippen LogP) is 2.89. The Morgan fingerprint density at radius 1 is 1.17 bits per heavy atom. The van der Waals surface area contributed by atoms with Gasteiger partial charge in [-0.1, -0.05) is 31.2 Å². The Morgan fingerprint density at radius 2 is 1.94 bits per heavy atom. The molecule has 0 saturated carbocycles. The fourth-order valence-electron chi connectivity index (χ4n) is 1.85. The summed E-state index contributed by atoms with van der Waals surface area (Å²) in [7, 11) is 0. The molecule has 0 saturated heterocycles. The number of rotatable bonds is 5. The molecule has 3 nitrogen and oxygen atoms in total. The van der Waals surface area contributed by atoms with Crippen molar-refractivity contribution in [3.8, 4) is 0 Å².